The Labute approximate surface area is 138 Å². The molecule has 0 aliphatic carbocycles. The van der Waals surface area contributed by atoms with Gasteiger partial charge in [0.15, 0.2) is 0 Å². The molecule has 0 saturated carbocycles. The highest BCUT2D eigenvalue weighted by molar-refractivity contribution is 6.30. The summed E-state index contributed by atoms with van der Waals surface area (Å²) in [5.74, 6) is 0.785. The van der Waals surface area contributed by atoms with E-state index in [1.807, 2.05) is 22.7 Å². The largest absolute Gasteiger partial charge is 0.365 e. The first-order valence-electron chi connectivity index (χ1n) is 7.72. The van der Waals surface area contributed by atoms with E-state index in [0.717, 1.165) is 42.4 Å². The van der Waals surface area contributed by atoms with Gasteiger partial charge >= 0.3 is 0 Å². The Balaban J connectivity index is 1.65. The molecule has 0 radical (unpaired) electrons. The molecule has 3 aromatic heterocycles. The Morgan fingerprint density at radius 2 is 2.22 bits per heavy atom. The van der Waals surface area contributed by atoms with Gasteiger partial charge in [-0.25, -0.2) is 9.97 Å². The van der Waals surface area contributed by atoms with Crippen molar-refractivity contribution in [2.24, 2.45) is 0 Å². The Kier molecular flexibility index (Phi) is 3.85. The third-order valence-electron chi connectivity index (χ3n) is 4.02. The van der Waals surface area contributed by atoms with Gasteiger partial charge in [-0.3, -0.25) is 9.38 Å². The van der Waals surface area contributed by atoms with Crippen molar-refractivity contribution < 1.29 is 0 Å². The minimum Gasteiger partial charge on any atom is -0.365 e. The van der Waals surface area contributed by atoms with Crippen LogP contribution in [-0.4, -0.2) is 38.5 Å². The average Bonchev–Trinajstić information content (AvgIpc) is 2.99. The van der Waals surface area contributed by atoms with Crippen LogP contribution in [0, 0.1) is 0 Å². The summed E-state index contributed by atoms with van der Waals surface area (Å²) in [7, 11) is 0. The fourth-order valence-electron chi connectivity index (χ4n) is 2.89. The second-order valence-electron chi connectivity index (χ2n) is 5.70. The summed E-state index contributed by atoms with van der Waals surface area (Å²) in [6.07, 6.45) is 9.46. The molecule has 118 valence electrons. The number of nitrogens with zero attached hydrogens (tertiary/aromatic N) is 4. The number of imidazole rings is 1. The van der Waals surface area contributed by atoms with E-state index >= 15 is 0 Å². The number of pyridine rings is 1. The monoisotopic (exact) mass is 328 g/mol. The summed E-state index contributed by atoms with van der Waals surface area (Å²) in [6, 6.07) is 4.10. The van der Waals surface area contributed by atoms with Crippen LogP contribution in [0.2, 0.25) is 5.02 Å². The first-order chi connectivity index (χ1) is 11.3. The topological polar surface area (TPSA) is 67.1 Å². The third kappa shape index (κ3) is 3.00. The van der Waals surface area contributed by atoms with Gasteiger partial charge in [0.05, 0.1) is 29.3 Å². The van der Waals surface area contributed by atoms with Crippen LogP contribution in [0.25, 0.3) is 17.0 Å². The summed E-state index contributed by atoms with van der Waals surface area (Å²) in [5.41, 5.74) is 2.48. The van der Waals surface area contributed by atoms with Crippen molar-refractivity contribution in [2.75, 3.05) is 18.4 Å². The van der Waals surface area contributed by atoms with Gasteiger partial charge in [0.2, 0.25) is 0 Å². The smallest absolute Gasteiger partial charge is 0.145 e. The minimum absolute atomic E-state index is 0.393. The molecule has 4 heterocycles. The van der Waals surface area contributed by atoms with E-state index < -0.39 is 0 Å². The average molecular weight is 329 g/mol. The zero-order chi connectivity index (χ0) is 15.6. The number of hydrogen-bond acceptors (Lipinski definition) is 5. The van der Waals surface area contributed by atoms with Crippen LogP contribution in [0.15, 0.2) is 36.9 Å². The predicted octanol–water partition coefficient (Wildman–Crippen LogP) is 2.61. The molecule has 0 unspecified atom stereocenters. The van der Waals surface area contributed by atoms with Crippen LogP contribution in [0.5, 0.6) is 0 Å². The van der Waals surface area contributed by atoms with E-state index in [0.29, 0.717) is 11.1 Å². The van der Waals surface area contributed by atoms with Crippen LogP contribution in [0.1, 0.15) is 12.8 Å². The molecule has 0 amide bonds. The van der Waals surface area contributed by atoms with E-state index in [2.05, 4.69) is 25.6 Å². The fraction of sp³-hybridized carbons (Fsp3) is 0.312. The van der Waals surface area contributed by atoms with Crippen molar-refractivity contribution >= 4 is 23.1 Å². The first-order valence-corrected chi connectivity index (χ1v) is 8.10. The van der Waals surface area contributed by atoms with Crippen molar-refractivity contribution in [3.05, 3.63) is 41.9 Å². The van der Waals surface area contributed by atoms with Gasteiger partial charge in [-0.15, -0.1) is 0 Å². The number of hydrogen-bond donors (Lipinski definition) is 2. The standard InChI is InChI=1S/C16H17ClN6/c17-11-3-4-16-20-8-14(23(16)10-11)13-7-19-9-15(22-13)21-12-2-1-5-18-6-12/h3-4,7-10,12,18H,1-2,5-6H2,(H,21,22)/t12-/m1/s1. The molecule has 7 heteroatoms. The van der Waals surface area contributed by atoms with Crippen LogP contribution in [-0.2, 0) is 0 Å². The quantitative estimate of drug-likeness (QED) is 0.773. The van der Waals surface area contributed by atoms with E-state index in [9.17, 15) is 0 Å². The van der Waals surface area contributed by atoms with Gasteiger partial charge in [-0.05, 0) is 31.5 Å². The number of rotatable bonds is 3. The van der Waals surface area contributed by atoms with Gasteiger partial charge in [-0.2, -0.15) is 0 Å². The van der Waals surface area contributed by atoms with Gasteiger partial charge in [-0.1, -0.05) is 11.6 Å². The zero-order valence-corrected chi connectivity index (χ0v) is 13.3. The summed E-state index contributed by atoms with van der Waals surface area (Å²) >= 11 is 6.09. The number of aromatic nitrogens is 4. The maximum atomic E-state index is 6.09. The van der Waals surface area contributed by atoms with Gasteiger partial charge < -0.3 is 10.6 Å². The predicted molar refractivity (Wildman–Crippen MR) is 90.7 cm³/mol. The minimum atomic E-state index is 0.393. The second kappa shape index (κ2) is 6.14. The summed E-state index contributed by atoms with van der Waals surface area (Å²) in [6.45, 7) is 2.05. The van der Waals surface area contributed by atoms with Crippen molar-refractivity contribution in [3.63, 3.8) is 0 Å². The number of fused-ring (bicyclic) bond motifs is 1. The van der Waals surface area contributed by atoms with Crippen LogP contribution in [0.4, 0.5) is 5.82 Å². The fourth-order valence-corrected chi connectivity index (χ4v) is 3.05. The Morgan fingerprint density at radius 3 is 3.09 bits per heavy atom. The summed E-state index contributed by atoms with van der Waals surface area (Å²) in [5, 5.41) is 7.50. The first kappa shape index (κ1) is 14.4. The molecule has 6 nitrogen and oxygen atoms in total. The normalized spacial score (nSPS) is 18.2. The second-order valence-corrected chi connectivity index (χ2v) is 6.13. The lowest BCUT2D eigenvalue weighted by atomic mass is 10.1. The molecule has 1 atom stereocenters. The van der Waals surface area contributed by atoms with Crippen molar-refractivity contribution in [1.82, 2.24) is 24.7 Å². The molecular weight excluding hydrogens is 312 g/mol. The Hall–Kier alpha value is -2.18. The van der Waals surface area contributed by atoms with Gasteiger partial charge in [0.25, 0.3) is 0 Å². The van der Waals surface area contributed by atoms with E-state index in [4.69, 9.17) is 11.6 Å². The Morgan fingerprint density at radius 1 is 1.26 bits per heavy atom. The van der Waals surface area contributed by atoms with Crippen LogP contribution < -0.4 is 10.6 Å². The SMILES string of the molecule is Clc1ccc2ncc(-c3cncc(N[C@@H]4CCCNC4)n3)n2c1. The number of nitrogens with one attached hydrogen (secondary N) is 2. The number of piperidine rings is 1. The molecule has 0 bridgehead atoms. The van der Waals surface area contributed by atoms with E-state index in [1.165, 1.54) is 6.42 Å². The zero-order valence-electron chi connectivity index (χ0n) is 12.5. The van der Waals surface area contributed by atoms with Gasteiger partial charge in [0.1, 0.15) is 17.2 Å². The number of halogens is 1. The summed E-state index contributed by atoms with van der Waals surface area (Å²) < 4.78 is 1.93. The molecule has 0 spiro atoms. The lowest BCUT2D eigenvalue weighted by Crippen LogP contribution is -2.38. The highest BCUT2D eigenvalue weighted by Gasteiger charge is 2.14. The lowest BCUT2D eigenvalue weighted by Gasteiger charge is -2.24. The molecule has 0 aromatic carbocycles. The molecule has 1 aliphatic rings. The third-order valence-corrected chi connectivity index (χ3v) is 4.24. The lowest BCUT2D eigenvalue weighted by molar-refractivity contribution is 0.479. The molecule has 1 saturated heterocycles. The highest BCUT2D eigenvalue weighted by atomic mass is 35.5. The molecule has 1 fully saturated rings. The maximum Gasteiger partial charge on any atom is 0.145 e. The van der Waals surface area contributed by atoms with E-state index in [-0.39, 0.29) is 0 Å². The highest BCUT2D eigenvalue weighted by Crippen LogP contribution is 2.22. The number of anilines is 1. The molecule has 3 aromatic rings. The van der Waals surface area contributed by atoms with Crippen molar-refractivity contribution in [1.29, 1.82) is 0 Å². The summed E-state index contributed by atoms with van der Waals surface area (Å²) in [4.78, 5) is 13.4. The van der Waals surface area contributed by atoms with Crippen molar-refractivity contribution in [2.45, 2.75) is 18.9 Å². The van der Waals surface area contributed by atoms with Crippen LogP contribution in [0.3, 0.4) is 0 Å². The van der Waals surface area contributed by atoms with E-state index in [1.54, 1.807) is 18.6 Å². The molecule has 23 heavy (non-hydrogen) atoms. The van der Waals surface area contributed by atoms with Gasteiger partial charge in [0, 0.05) is 18.8 Å². The molecular formula is C16H17ClN6. The van der Waals surface area contributed by atoms with Crippen molar-refractivity contribution in [3.8, 4) is 11.4 Å². The molecule has 1 aliphatic heterocycles. The molecule has 4 rings (SSSR count). The maximum absolute atomic E-state index is 6.09. The van der Waals surface area contributed by atoms with Crippen LogP contribution >= 0.6 is 11.6 Å². The molecule has 2 N–H and O–H groups in total. The Bertz CT molecular complexity index is 824.